The number of benzene rings is 2. The molecule has 0 bridgehead atoms. The predicted octanol–water partition coefficient (Wildman–Crippen LogP) is 3.61. The minimum absolute atomic E-state index is 0.00879. The first-order chi connectivity index (χ1) is 14.1. The number of hydroxylamine groups is 1. The Morgan fingerprint density at radius 1 is 0.793 bits per heavy atom. The Morgan fingerprint density at radius 2 is 1.31 bits per heavy atom. The van der Waals surface area contributed by atoms with Crippen LogP contribution < -0.4 is 29.7 Å². The zero-order valence-electron chi connectivity index (χ0n) is 17.4. The molecule has 1 aliphatic heterocycles. The first-order valence-corrected chi connectivity index (χ1v) is 9.38. The van der Waals surface area contributed by atoms with Gasteiger partial charge in [0.2, 0.25) is 0 Å². The first kappa shape index (κ1) is 20.8. The first-order valence-electron chi connectivity index (χ1n) is 9.38. The highest BCUT2D eigenvalue weighted by molar-refractivity contribution is 5.47. The Bertz CT molecular complexity index is 884. The van der Waals surface area contributed by atoms with Crippen molar-refractivity contribution < 1.29 is 24.2 Å². The summed E-state index contributed by atoms with van der Waals surface area (Å²) in [5, 5.41) is 13.4. The van der Waals surface area contributed by atoms with Crippen LogP contribution in [-0.2, 0) is 0 Å². The minimum atomic E-state index is -0.140. The summed E-state index contributed by atoms with van der Waals surface area (Å²) >= 11 is 0. The molecule has 0 aromatic heterocycles. The van der Waals surface area contributed by atoms with Crippen LogP contribution in [0.3, 0.4) is 0 Å². The van der Waals surface area contributed by atoms with E-state index < -0.39 is 0 Å². The Kier molecular flexibility index (Phi) is 6.51. The summed E-state index contributed by atoms with van der Waals surface area (Å²) in [5.41, 5.74) is 5.13. The van der Waals surface area contributed by atoms with Crippen LogP contribution in [-0.4, -0.2) is 33.6 Å². The van der Waals surface area contributed by atoms with E-state index in [1.807, 2.05) is 49.4 Å². The van der Waals surface area contributed by atoms with E-state index in [0.717, 1.165) is 16.8 Å². The number of methoxy groups -OCH3 is 4. The Hall–Kier alpha value is -2.90. The van der Waals surface area contributed by atoms with E-state index in [1.165, 1.54) is 0 Å². The molecule has 0 unspecified atom stereocenters. The average Bonchev–Trinajstić information content (AvgIpc) is 2.78. The SMILES string of the molecule is COc1ccc([C@H]2C=C(NO)[C@@H](C)[C@H](c3ccc(OC)c(OC)c3)N2)cc1OC. The summed E-state index contributed by atoms with van der Waals surface area (Å²) in [6, 6.07) is 11.4. The lowest BCUT2D eigenvalue weighted by atomic mass is 9.85. The number of nitrogens with one attached hydrogen (secondary N) is 2. The normalized spacial score (nSPS) is 21.2. The second-order valence-electron chi connectivity index (χ2n) is 6.87. The average molecular weight is 400 g/mol. The molecular formula is C22H28N2O5. The molecule has 3 atom stereocenters. The standard InChI is InChI=1S/C22H28N2O5/c1-13-16(24-25)12-17(14-6-8-18(26-2)20(10-14)28-4)23-22(13)15-7-9-19(27-3)21(11-15)29-5/h6-13,17,22-25H,1-5H3/t13-,17-,22-/m1/s1. The zero-order valence-corrected chi connectivity index (χ0v) is 17.4. The quantitative estimate of drug-likeness (QED) is 0.613. The molecule has 2 aromatic carbocycles. The molecule has 156 valence electrons. The van der Waals surface area contributed by atoms with Crippen molar-refractivity contribution in [3.8, 4) is 23.0 Å². The van der Waals surface area contributed by atoms with Crippen molar-refractivity contribution in [3.63, 3.8) is 0 Å². The van der Waals surface area contributed by atoms with E-state index in [-0.39, 0.29) is 18.0 Å². The van der Waals surface area contributed by atoms with E-state index in [0.29, 0.717) is 23.0 Å². The summed E-state index contributed by atoms with van der Waals surface area (Å²) in [6.45, 7) is 2.05. The number of hydrogen-bond acceptors (Lipinski definition) is 7. The van der Waals surface area contributed by atoms with Crippen LogP contribution in [0.15, 0.2) is 48.2 Å². The second kappa shape index (κ2) is 9.07. The fraction of sp³-hybridized carbons (Fsp3) is 0.364. The third kappa shape index (κ3) is 4.11. The Morgan fingerprint density at radius 3 is 1.83 bits per heavy atom. The maximum Gasteiger partial charge on any atom is 0.161 e. The summed E-state index contributed by atoms with van der Waals surface area (Å²) < 4.78 is 21.6. The highest BCUT2D eigenvalue weighted by atomic mass is 16.5. The highest BCUT2D eigenvalue weighted by Crippen LogP contribution is 2.39. The summed E-state index contributed by atoms with van der Waals surface area (Å²) in [5.74, 6) is 2.66. The van der Waals surface area contributed by atoms with E-state index in [2.05, 4.69) is 10.8 Å². The van der Waals surface area contributed by atoms with Gasteiger partial charge in [-0.3, -0.25) is 16.0 Å². The van der Waals surface area contributed by atoms with Gasteiger partial charge in [0.05, 0.1) is 34.5 Å². The van der Waals surface area contributed by atoms with Crippen LogP contribution >= 0.6 is 0 Å². The Labute approximate surface area is 171 Å². The van der Waals surface area contributed by atoms with Crippen LogP contribution in [0.2, 0.25) is 0 Å². The molecule has 0 saturated carbocycles. The molecule has 1 aliphatic rings. The lowest BCUT2D eigenvalue weighted by Crippen LogP contribution is -2.38. The van der Waals surface area contributed by atoms with E-state index >= 15 is 0 Å². The van der Waals surface area contributed by atoms with E-state index in [1.54, 1.807) is 28.4 Å². The van der Waals surface area contributed by atoms with Crippen molar-refractivity contribution in [2.75, 3.05) is 28.4 Å². The van der Waals surface area contributed by atoms with Crippen molar-refractivity contribution in [3.05, 3.63) is 59.3 Å². The molecule has 7 heteroatoms. The maximum absolute atomic E-state index is 9.72. The molecule has 1 heterocycles. The number of hydrogen-bond donors (Lipinski definition) is 3. The number of ether oxygens (including phenoxy) is 4. The minimum Gasteiger partial charge on any atom is -0.493 e. The molecule has 7 nitrogen and oxygen atoms in total. The zero-order chi connectivity index (χ0) is 21.0. The lowest BCUT2D eigenvalue weighted by Gasteiger charge is -2.36. The van der Waals surface area contributed by atoms with Crippen molar-refractivity contribution in [2.24, 2.45) is 5.92 Å². The fourth-order valence-corrected chi connectivity index (χ4v) is 3.71. The third-order valence-corrected chi connectivity index (χ3v) is 5.36. The van der Waals surface area contributed by atoms with Gasteiger partial charge in [-0.05, 0) is 41.5 Å². The number of rotatable bonds is 7. The molecule has 0 fully saturated rings. The molecule has 3 N–H and O–H groups in total. The highest BCUT2D eigenvalue weighted by Gasteiger charge is 2.31. The van der Waals surface area contributed by atoms with Crippen LogP contribution in [0.1, 0.15) is 30.1 Å². The van der Waals surface area contributed by atoms with Gasteiger partial charge in [-0.1, -0.05) is 19.1 Å². The summed E-state index contributed by atoms with van der Waals surface area (Å²) in [6.07, 6.45) is 1.98. The molecule has 0 spiro atoms. The van der Waals surface area contributed by atoms with Crippen molar-refractivity contribution in [2.45, 2.75) is 19.0 Å². The molecule has 0 amide bonds. The van der Waals surface area contributed by atoms with Crippen LogP contribution in [0.4, 0.5) is 0 Å². The molecule has 3 rings (SSSR count). The van der Waals surface area contributed by atoms with Gasteiger partial charge in [0.15, 0.2) is 23.0 Å². The van der Waals surface area contributed by atoms with Gasteiger partial charge in [-0.25, -0.2) is 0 Å². The molecule has 0 aliphatic carbocycles. The van der Waals surface area contributed by atoms with Crippen LogP contribution in [0.25, 0.3) is 0 Å². The van der Waals surface area contributed by atoms with Gasteiger partial charge >= 0.3 is 0 Å². The topological polar surface area (TPSA) is 81.2 Å². The van der Waals surface area contributed by atoms with Crippen LogP contribution in [0, 0.1) is 5.92 Å². The fourth-order valence-electron chi connectivity index (χ4n) is 3.71. The lowest BCUT2D eigenvalue weighted by molar-refractivity contribution is 0.172. The smallest absolute Gasteiger partial charge is 0.161 e. The molecule has 0 radical (unpaired) electrons. The Balaban J connectivity index is 1.99. The monoisotopic (exact) mass is 400 g/mol. The third-order valence-electron chi connectivity index (χ3n) is 5.36. The van der Waals surface area contributed by atoms with E-state index in [4.69, 9.17) is 18.9 Å². The summed E-state index contributed by atoms with van der Waals surface area (Å²) in [7, 11) is 6.45. The van der Waals surface area contributed by atoms with E-state index in [9.17, 15) is 5.21 Å². The largest absolute Gasteiger partial charge is 0.493 e. The van der Waals surface area contributed by atoms with Crippen molar-refractivity contribution in [1.29, 1.82) is 0 Å². The van der Waals surface area contributed by atoms with Gasteiger partial charge in [-0.2, -0.15) is 0 Å². The molecule has 2 aromatic rings. The predicted molar refractivity (Wildman–Crippen MR) is 110 cm³/mol. The van der Waals surface area contributed by atoms with Crippen molar-refractivity contribution >= 4 is 0 Å². The van der Waals surface area contributed by atoms with Gasteiger partial charge in [0, 0.05) is 17.7 Å². The summed E-state index contributed by atoms with van der Waals surface area (Å²) in [4.78, 5) is 0. The van der Waals surface area contributed by atoms with Gasteiger partial charge < -0.3 is 18.9 Å². The second-order valence-corrected chi connectivity index (χ2v) is 6.87. The van der Waals surface area contributed by atoms with Crippen molar-refractivity contribution in [1.82, 2.24) is 10.8 Å². The van der Waals surface area contributed by atoms with Gasteiger partial charge in [0.1, 0.15) is 0 Å². The van der Waals surface area contributed by atoms with Crippen LogP contribution in [0.5, 0.6) is 23.0 Å². The molecule has 29 heavy (non-hydrogen) atoms. The molecular weight excluding hydrogens is 372 g/mol. The molecule has 0 saturated heterocycles. The van der Waals surface area contributed by atoms with Gasteiger partial charge in [0.25, 0.3) is 0 Å². The van der Waals surface area contributed by atoms with Gasteiger partial charge in [-0.15, -0.1) is 0 Å². The maximum atomic E-state index is 9.72.